The van der Waals surface area contributed by atoms with Gasteiger partial charge in [-0.1, -0.05) is 13.3 Å². The minimum absolute atomic E-state index is 0.0347. The Balaban J connectivity index is 2.48. The molecule has 0 saturated carbocycles. The van der Waals surface area contributed by atoms with Crippen molar-refractivity contribution in [1.29, 1.82) is 0 Å². The van der Waals surface area contributed by atoms with E-state index in [1.807, 2.05) is 6.92 Å². The van der Waals surface area contributed by atoms with Crippen LogP contribution in [0, 0.1) is 0 Å². The van der Waals surface area contributed by atoms with Gasteiger partial charge in [0, 0.05) is 0 Å². The first-order chi connectivity index (χ1) is 4.09. The van der Waals surface area contributed by atoms with E-state index in [0.717, 1.165) is 6.42 Å². The Labute approximate surface area is 55.5 Å². The summed E-state index contributed by atoms with van der Waals surface area (Å²) in [7, 11) is 1.65. The van der Waals surface area contributed by atoms with Gasteiger partial charge in [0.2, 0.25) is 0 Å². The monoisotopic (exact) mass is 129 g/mol. The lowest BCUT2D eigenvalue weighted by Crippen LogP contribution is -2.57. The van der Waals surface area contributed by atoms with E-state index in [1.165, 1.54) is 6.92 Å². The minimum Gasteiger partial charge on any atom is -0.399 e. The van der Waals surface area contributed by atoms with Gasteiger partial charge in [0.25, 0.3) is 0 Å². The quantitative estimate of drug-likeness (QED) is 0.522. The molecule has 0 aliphatic carbocycles. The first-order valence-electron chi connectivity index (χ1n) is 3.31. The van der Waals surface area contributed by atoms with Gasteiger partial charge in [0.15, 0.2) is 7.28 Å². The third kappa shape index (κ3) is 0.875. The molecule has 1 aliphatic rings. The molecular formula is C6H11BFO. The zero-order valence-electron chi connectivity index (χ0n) is 5.76. The molecule has 1 N–H and O–H groups in total. The highest BCUT2D eigenvalue weighted by Crippen LogP contribution is 2.42. The smallest absolute Gasteiger partial charge is 0.161 e. The number of aliphatic hydroxyl groups excluding tert-OH is 1. The molecule has 1 fully saturated rings. The number of hydrogen-bond donors (Lipinski definition) is 1. The van der Waals surface area contributed by atoms with Gasteiger partial charge in [-0.3, -0.25) is 0 Å². The van der Waals surface area contributed by atoms with Gasteiger partial charge in [-0.15, -0.1) is 0 Å². The van der Waals surface area contributed by atoms with Crippen LogP contribution >= 0.6 is 0 Å². The van der Waals surface area contributed by atoms with E-state index in [1.54, 1.807) is 7.28 Å². The molecular weight excluding hydrogens is 118 g/mol. The van der Waals surface area contributed by atoms with Crippen LogP contribution in [-0.4, -0.2) is 24.1 Å². The second-order valence-corrected chi connectivity index (χ2v) is 2.80. The standard InChI is InChI=1S/C6H11BFO/c1-3-4-6(2,8)5(9)7-4/h4-5,9H,3H2,1-2H3/t4-,5?,6?/m1/s1. The Kier molecular flexibility index (Phi) is 1.55. The van der Waals surface area contributed by atoms with Crippen molar-refractivity contribution in [2.24, 2.45) is 0 Å². The van der Waals surface area contributed by atoms with Gasteiger partial charge >= 0.3 is 0 Å². The molecule has 0 aromatic carbocycles. The van der Waals surface area contributed by atoms with Crippen molar-refractivity contribution in [3.05, 3.63) is 0 Å². The fourth-order valence-electron chi connectivity index (χ4n) is 1.23. The summed E-state index contributed by atoms with van der Waals surface area (Å²) in [4.78, 5) is 0. The molecule has 3 heteroatoms. The molecule has 1 heterocycles. The van der Waals surface area contributed by atoms with Crippen molar-refractivity contribution in [2.45, 2.75) is 37.8 Å². The van der Waals surface area contributed by atoms with Crippen LogP contribution in [0.15, 0.2) is 0 Å². The third-order valence-electron chi connectivity index (χ3n) is 2.16. The van der Waals surface area contributed by atoms with Crippen LogP contribution in [0.1, 0.15) is 20.3 Å². The van der Waals surface area contributed by atoms with Crippen molar-refractivity contribution in [2.75, 3.05) is 0 Å². The molecule has 0 aromatic heterocycles. The number of aliphatic hydroxyl groups is 1. The molecule has 0 amide bonds. The highest BCUT2D eigenvalue weighted by Gasteiger charge is 2.51. The maximum absolute atomic E-state index is 13.0. The first-order valence-corrected chi connectivity index (χ1v) is 3.31. The lowest BCUT2D eigenvalue weighted by molar-refractivity contribution is 0.0139. The predicted octanol–water partition coefficient (Wildman–Crippen LogP) is 0.949. The summed E-state index contributed by atoms with van der Waals surface area (Å²) in [6.45, 7) is 3.37. The lowest BCUT2D eigenvalue weighted by atomic mass is 9.38. The van der Waals surface area contributed by atoms with Gasteiger partial charge < -0.3 is 5.11 Å². The Morgan fingerprint density at radius 1 is 1.78 bits per heavy atom. The summed E-state index contributed by atoms with van der Waals surface area (Å²) in [5.41, 5.74) is -1.35. The summed E-state index contributed by atoms with van der Waals surface area (Å²) in [6, 6.07) is -0.831. The molecule has 0 aromatic rings. The van der Waals surface area contributed by atoms with E-state index in [9.17, 15) is 4.39 Å². The van der Waals surface area contributed by atoms with E-state index >= 15 is 0 Å². The zero-order valence-corrected chi connectivity index (χ0v) is 5.76. The highest BCUT2D eigenvalue weighted by molar-refractivity contribution is 6.45. The Morgan fingerprint density at radius 3 is 2.44 bits per heavy atom. The molecule has 1 radical (unpaired) electrons. The van der Waals surface area contributed by atoms with Gasteiger partial charge in [-0.25, -0.2) is 4.39 Å². The molecule has 1 nitrogen and oxygen atoms in total. The second kappa shape index (κ2) is 1.98. The van der Waals surface area contributed by atoms with Crippen molar-refractivity contribution in [3.63, 3.8) is 0 Å². The van der Waals surface area contributed by atoms with Gasteiger partial charge in [0.05, 0.1) is 6.00 Å². The van der Waals surface area contributed by atoms with Crippen LogP contribution in [0.2, 0.25) is 5.82 Å². The molecule has 0 spiro atoms. The Bertz CT molecular complexity index is 116. The topological polar surface area (TPSA) is 20.2 Å². The Hall–Kier alpha value is -0.0451. The minimum atomic E-state index is -1.35. The molecule has 1 saturated heterocycles. The molecule has 1 aliphatic heterocycles. The predicted molar refractivity (Wildman–Crippen MR) is 35.3 cm³/mol. The number of alkyl halides is 1. The number of rotatable bonds is 1. The van der Waals surface area contributed by atoms with E-state index in [4.69, 9.17) is 5.11 Å². The van der Waals surface area contributed by atoms with E-state index in [-0.39, 0.29) is 5.82 Å². The summed E-state index contributed by atoms with van der Waals surface area (Å²) in [6.07, 6.45) is 0.782. The highest BCUT2D eigenvalue weighted by atomic mass is 19.1. The summed E-state index contributed by atoms with van der Waals surface area (Å²) >= 11 is 0. The van der Waals surface area contributed by atoms with E-state index in [0.29, 0.717) is 0 Å². The summed E-state index contributed by atoms with van der Waals surface area (Å²) in [5, 5.41) is 8.85. The normalized spacial score (nSPS) is 49.8. The SMILES string of the molecule is CC[C@H]1[B]C(O)C1(C)F. The number of halogens is 1. The van der Waals surface area contributed by atoms with Crippen molar-refractivity contribution in [1.82, 2.24) is 0 Å². The van der Waals surface area contributed by atoms with Crippen LogP contribution in [-0.2, 0) is 0 Å². The Morgan fingerprint density at radius 2 is 2.33 bits per heavy atom. The van der Waals surface area contributed by atoms with Crippen LogP contribution in [0.5, 0.6) is 0 Å². The van der Waals surface area contributed by atoms with Crippen molar-refractivity contribution < 1.29 is 9.50 Å². The maximum atomic E-state index is 13.0. The van der Waals surface area contributed by atoms with Gasteiger partial charge in [0.1, 0.15) is 5.67 Å². The largest absolute Gasteiger partial charge is 0.399 e. The van der Waals surface area contributed by atoms with Crippen LogP contribution in [0.4, 0.5) is 4.39 Å². The fourth-order valence-corrected chi connectivity index (χ4v) is 1.23. The molecule has 9 heavy (non-hydrogen) atoms. The zero-order chi connectivity index (χ0) is 7.07. The molecule has 1 rings (SSSR count). The third-order valence-corrected chi connectivity index (χ3v) is 2.16. The molecule has 3 atom stereocenters. The van der Waals surface area contributed by atoms with Crippen LogP contribution in [0.25, 0.3) is 0 Å². The van der Waals surface area contributed by atoms with Gasteiger partial charge in [-0.2, -0.15) is 0 Å². The van der Waals surface area contributed by atoms with E-state index < -0.39 is 11.7 Å². The summed E-state index contributed by atoms with van der Waals surface area (Å²) in [5.74, 6) is -0.0347. The lowest BCUT2D eigenvalue weighted by Gasteiger charge is -2.44. The molecule has 0 bridgehead atoms. The average Bonchev–Trinajstić information content (AvgIpc) is 1.82. The maximum Gasteiger partial charge on any atom is 0.161 e. The second-order valence-electron chi connectivity index (χ2n) is 2.80. The van der Waals surface area contributed by atoms with E-state index in [2.05, 4.69) is 0 Å². The van der Waals surface area contributed by atoms with Crippen LogP contribution in [0.3, 0.4) is 0 Å². The molecule has 2 unspecified atom stereocenters. The fraction of sp³-hybridized carbons (Fsp3) is 1.00. The van der Waals surface area contributed by atoms with Crippen LogP contribution < -0.4 is 0 Å². The van der Waals surface area contributed by atoms with Crippen molar-refractivity contribution >= 4 is 7.28 Å². The number of hydrogen-bond acceptors (Lipinski definition) is 1. The first kappa shape index (κ1) is 7.07. The summed E-state index contributed by atoms with van der Waals surface area (Å²) < 4.78 is 13.0. The molecule has 51 valence electrons. The average molecular weight is 129 g/mol. The van der Waals surface area contributed by atoms with Gasteiger partial charge in [-0.05, 0) is 12.7 Å². The van der Waals surface area contributed by atoms with Crippen molar-refractivity contribution in [3.8, 4) is 0 Å².